The van der Waals surface area contributed by atoms with E-state index in [0.717, 1.165) is 28.6 Å². The van der Waals surface area contributed by atoms with Crippen LogP contribution < -0.4 is 4.90 Å². The van der Waals surface area contributed by atoms with Crippen LogP contribution in [0.25, 0.3) is 0 Å². The van der Waals surface area contributed by atoms with Gasteiger partial charge in [0.2, 0.25) is 4.75 Å². The second kappa shape index (κ2) is 11.4. The van der Waals surface area contributed by atoms with Crippen molar-refractivity contribution in [3.63, 3.8) is 0 Å². The lowest BCUT2D eigenvalue weighted by molar-refractivity contribution is -0.156. The van der Waals surface area contributed by atoms with Gasteiger partial charge in [-0.2, -0.15) is 0 Å². The number of esters is 2. The topological polar surface area (TPSA) is 55.8 Å². The number of thioether (sulfide) groups is 1. The summed E-state index contributed by atoms with van der Waals surface area (Å²) in [6, 6.07) is 24.6. The van der Waals surface area contributed by atoms with E-state index in [0.29, 0.717) is 9.92 Å². The third kappa shape index (κ3) is 5.57. The van der Waals surface area contributed by atoms with Crippen molar-refractivity contribution in [3.05, 3.63) is 95.0 Å². The summed E-state index contributed by atoms with van der Waals surface area (Å²) in [5.74, 6) is -1.38. The number of rotatable bonds is 9. The van der Waals surface area contributed by atoms with Gasteiger partial charge in [-0.25, -0.2) is 9.59 Å². The summed E-state index contributed by atoms with van der Waals surface area (Å²) in [6.45, 7) is 2.03. The van der Waals surface area contributed by atoms with E-state index in [2.05, 4.69) is 4.90 Å². The van der Waals surface area contributed by atoms with Crippen molar-refractivity contribution in [2.45, 2.75) is 29.0 Å². The zero-order valence-electron chi connectivity index (χ0n) is 19.7. The van der Waals surface area contributed by atoms with Crippen LogP contribution in [0.4, 0.5) is 5.69 Å². The molecule has 0 fully saturated rings. The van der Waals surface area contributed by atoms with E-state index in [9.17, 15) is 9.59 Å². The van der Waals surface area contributed by atoms with E-state index >= 15 is 0 Å². The van der Waals surface area contributed by atoms with Gasteiger partial charge in [0.05, 0.1) is 25.3 Å². The van der Waals surface area contributed by atoms with Gasteiger partial charge in [-0.1, -0.05) is 83.5 Å². The van der Waals surface area contributed by atoms with E-state index < -0.39 is 16.7 Å². The van der Waals surface area contributed by atoms with Gasteiger partial charge in [-0.05, 0) is 36.8 Å². The molecule has 0 N–H and O–H groups in total. The molecule has 178 valence electrons. The summed E-state index contributed by atoms with van der Waals surface area (Å²) in [5, 5.41) is 0.438. The predicted molar refractivity (Wildman–Crippen MR) is 137 cm³/mol. The number of hydrogen-bond donors (Lipinski definition) is 0. The van der Waals surface area contributed by atoms with Gasteiger partial charge in [-0.3, -0.25) is 0 Å². The summed E-state index contributed by atoms with van der Waals surface area (Å²) in [4.78, 5) is 29.3. The van der Waals surface area contributed by atoms with E-state index in [1.54, 1.807) is 24.3 Å². The van der Waals surface area contributed by atoms with Crippen molar-refractivity contribution in [1.29, 1.82) is 0 Å². The minimum atomic E-state index is -1.69. The van der Waals surface area contributed by atoms with Crippen LogP contribution in [-0.2, 0) is 19.1 Å². The first kappa shape index (κ1) is 25.7. The minimum Gasteiger partial charge on any atom is -0.468 e. The molecule has 5 nitrogen and oxygen atoms in total. The number of halogens is 1. The van der Waals surface area contributed by atoms with Crippen LogP contribution in [0, 0.1) is 6.92 Å². The monoisotopic (exact) mass is 497 g/mol. The van der Waals surface area contributed by atoms with Crippen molar-refractivity contribution >= 4 is 41.0 Å². The number of nitrogens with zero attached hydrogens (tertiary/aromatic N) is 1. The Labute approximate surface area is 210 Å². The summed E-state index contributed by atoms with van der Waals surface area (Å²) in [5.41, 5.74) is 3.04. The summed E-state index contributed by atoms with van der Waals surface area (Å²) < 4.78 is 8.65. The third-order valence-electron chi connectivity index (χ3n) is 5.73. The SMILES string of the molecule is COC(=O)C(CC(c1ccccc1)N(C)c1ccc(C)cc1)(Sc1ccccc1Cl)C(=O)OC. The molecule has 0 aliphatic rings. The number of ether oxygens (including phenoxy) is 2. The standard InChI is InChI=1S/C27H28ClNO4S/c1-19-14-16-21(17-15-19)29(2)23(20-10-6-5-7-11-20)18-27(25(30)32-3,26(31)33-4)34-24-13-9-8-12-22(24)28/h5-17,23H,18H2,1-4H3. The highest BCUT2D eigenvalue weighted by Crippen LogP contribution is 2.45. The number of carbonyl (C=O) groups is 2. The molecule has 3 rings (SSSR count). The van der Waals surface area contributed by atoms with Gasteiger partial charge < -0.3 is 14.4 Å². The quantitative estimate of drug-likeness (QED) is 0.202. The molecule has 0 aromatic heterocycles. The summed E-state index contributed by atoms with van der Waals surface area (Å²) in [6.07, 6.45) is 0.0939. The Bertz CT molecular complexity index is 1100. The molecular weight excluding hydrogens is 470 g/mol. The Morgan fingerprint density at radius 1 is 0.912 bits per heavy atom. The van der Waals surface area contributed by atoms with Crippen LogP contribution in [0.15, 0.2) is 83.8 Å². The highest BCUT2D eigenvalue weighted by Gasteiger charge is 2.52. The highest BCUT2D eigenvalue weighted by atomic mass is 35.5. The van der Waals surface area contributed by atoms with Crippen molar-refractivity contribution in [1.82, 2.24) is 0 Å². The van der Waals surface area contributed by atoms with Crippen LogP contribution in [0.3, 0.4) is 0 Å². The lowest BCUT2D eigenvalue weighted by Crippen LogP contribution is -2.48. The van der Waals surface area contributed by atoms with E-state index in [1.807, 2.05) is 68.6 Å². The number of anilines is 1. The maximum Gasteiger partial charge on any atom is 0.334 e. The van der Waals surface area contributed by atoms with Crippen molar-refractivity contribution < 1.29 is 19.1 Å². The molecule has 0 radical (unpaired) electrons. The van der Waals surface area contributed by atoms with Gasteiger partial charge in [0, 0.05) is 24.1 Å². The predicted octanol–water partition coefficient (Wildman–Crippen LogP) is 6.09. The molecule has 0 spiro atoms. The fourth-order valence-electron chi connectivity index (χ4n) is 3.81. The number of hydrogen-bond acceptors (Lipinski definition) is 6. The first-order chi connectivity index (χ1) is 16.3. The van der Waals surface area contributed by atoms with Gasteiger partial charge in [0.25, 0.3) is 0 Å². The van der Waals surface area contributed by atoms with E-state index in [4.69, 9.17) is 21.1 Å². The number of benzene rings is 3. The molecule has 0 amide bonds. The van der Waals surface area contributed by atoms with E-state index in [1.165, 1.54) is 14.2 Å². The average Bonchev–Trinajstić information content (AvgIpc) is 2.87. The number of carbonyl (C=O) groups excluding carboxylic acids is 2. The van der Waals surface area contributed by atoms with Crippen molar-refractivity contribution in [2.24, 2.45) is 0 Å². The molecule has 7 heteroatoms. The Kier molecular flexibility index (Phi) is 8.64. The number of methoxy groups -OCH3 is 2. The Morgan fingerprint density at radius 3 is 2.03 bits per heavy atom. The van der Waals surface area contributed by atoms with Crippen LogP contribution in [0.1, 0.15) is 23.6 Å². The highest BCUT2D eigenvalue weighted by molar-refractivity contribution is 8.02. The van der Waals surface area contributed by atoms with Gasteiger partial charge in [0.1, 0.15) is 0 Å². The molecular formula is C27H28ClNO4S. The van der Waals surface area contributed by atoms with Gasteiger partial charge in [0.15, 0.2) is 0 Å². The molecule has 34 heavy (non-hydrogen) atoms. The Hall–Kier alpha value is -2.96. The maximum atomic E-state index is 13.3. The Balaban J connectivity index is 2.14. The molecule has 0 aliphatic heterocycles. The molecule has 0 bridgehead atoms. The first-order valence-electron chi connectivity index (χ1n) is 10.8. The fraction of sp³-hybridized carbons (Fsp3) is 0.259. The normalized spacial score (nSPS) is 12.0. The molecule has 3 aromatic rings. The maximum absolute atomic E-state index is 13.3. The zero-order chi connectivity index (χ0) is 24.7. The van der Waals surface area contributed by atoms with Gasteiger partial charge >= 0.3 is 11.9 Å². The summed E-state index contributed by atoms with van der Waals surface area (Å²) in [7, 11) is 4.49. The smallest absolute Gasteiger partial charge is 0.334 e. The Morgan fingerprint density at radius 2 is 1.47 bits per heavy atom. The van der Waals surface area contributed by atoms with Crippen LogP contribution >= 0.6 is 23.4 Å². The molecule has 3 aromatic carbocycles. The third-order valence-corrected chi connectivity index (χ3v) is 7.59. The van der Waals surface area contributed by atoms with Crippen LogP contribution in [0.2, 0.25) is 5.02 Å². The van der Waals surface area contributed by atoms with Crippen molar-refractivity contribution in [3.8, 4) is 0 Å². The molecule has 0 saturated carbocycles. The molecule has 0 aliphatic carbocycles. The molecule has 1 unspecified atom stereocenters. The molecule has 1 atom stereocenters. The second-order valence-electron chi connectivity index (χ2n) is 7.92. The van der Waals surface area contributed by atoms with Crippen LogP contribution in [0.5, 0.6) is 0 Å². The molecule has 0 heterocycles. The van der Waals surface area contributed by atoms with E-state index in [-0.39, 0.29) is 12.5 Å². The number of aryl methyl sites for hydroxylation is 1. The first-order valence-corrected chi connectivity index (χ1v) is 12.0. The zero-order valence-corrected chi connectivity index (χ0v) is 21.2. The lowest BCUT2D eigenvalue weighted by Gasteiger charge is -2.37. The average molecular weight is 498 g/mol. The minimum absolute atomic E-state index is 0.0939. The largest absolute Gasteiger partial charge is 0.468 e. The summed E-state index contributed by atoms with van der Waals surface area (Å²) >= 11 is 7.48. The van der Waals surface area contributed by atoms with Crippen molar-refractivity contribution in [2.75, 3.05) is 26.2 Å². The lowest BCUT2D eigenvalue weighted by atomic mass is 9.92. The molecule has 0 saturated heterocycles. The fourth-order valence-corrected chi connectivity index (χ4v) is 5.32. The second-order valence-corrected chi connectivity index (χ2v) is 9.67. The van der Waals surface area contributed by atoms with Crippen LogP contribution in [-0.4, -0.2) is 38.0 Å². The van der Waals surface area contributed by atoms with Gasteiger partial charge in [-0.15, -0.1) is 0 Å².